The third-order valence-electron chi connectivity index (χ3n) is 3.40. The van der Waals surface area contributed by atoms with Crippen LogP contribution in [0.2, 0.25) is 0 Å². The molecule has 7 heteroatoms. The third-order valence-corrected chi connectivity index (χ3v) is 3.40. The largest absolute Gasteiger partial charge is 0.478 e. The number of rotatable bonds is 9. The van der Waals surface area contributed by atoms with Gasteiger partial charge in [-0.05, 0) is 38.2 Å². The Kier molecular flexibility index (Phi) is 23.5. The van der Waals surface area contributed by atoms with Crippen LogP contribution in [0.25, 0.3) is 6.08 Å². The molecule has 2 N–H and O–H groups in total. The van der Waals surface area contributed by atoms with Crippen LogP contribution < -0.4 is 0 Å². The van der Waals surface area contributed by atoms with E-state index in [1.807, 2.05) is 50.3 Å². The van der Waals surface area contributed by atoms with Gasteiger partial charge in [0, 0.05) is 23.3 Å². The molecule has 0 aromatic heterocycles. The second-order valence-corrected chi connectivity index (χ2v) is 7.40. The number of hydrogen-bond acceptors (Lipinski definition) is 6. The zero-order valence-corrected chi connectivity index (χ0v) is 21.1. The topological polar surface area (TPSA) is 110 Å². The average molecular weight is 477 g/mol. The molecule has 0 heterocycles. The van der Waals surface area contributed by atoms with E-state index in [0.29, 0.717) is 36.5 Å². The molecule has 1 rings (SSSR count). The first kappa shape index (κ1) is 35.1. The van der Waals surface area contributed by atoms with Crippen LogP contribution in [-0.4, -0.2) is 48.4 Å². The summed E-state index contributed by atoms with van der Waals surface area (Å²) >= 11 is 0. The molecule has 34 heavy (non-hydrogen) atoms. The molecule has 0 spiro atoms. The normalized spacial score (nSPS) is 8.79. The Balaban J connectivity index is -0.000000380. The Morgan fingerprint density at radius 3 is 1.76 bits per heavy atom. The summed E-state index contributed by atoms with van der Waals surface area (Å²) in [5.41, 5.74) is 2.22. The van der Waals surface area contributed by atoms with E-state index in [4.69, 9.17) is 14.9 Å². The first-order valence-electron chi connectivity index (χ1n) is 10.6. The molecule has 0 amide bonds. The van der Waals surface area contributed by atoms with Crippen molar-refractivity contribution >= 4 is 24.0 Å². The van der Waals surface area contributed by atoms with Crippen molar-refractivity contribution in [3.05, 3.63) is 78.9 Å². The van der Waals surface area contributed by atoms with Gasteiger partial charge in [0.2, 0.25) is 0 Å². The lowest BCUT2D eigenvalue weighted by Crippen LogP contribution is -2.09. The number of aliphatic carboxylic acids is 1. The number of carboxylic acid groups (broad SMARTS) is 1. The van der Waals surface area contributed by atoms with Gasteiger partial charge in [-0.2, -0.15) is 0 Å². The number of hydrogen-bond donors (Lipinski definition) is 2. The number of carbonyl (C=O) groups is 3. The zero-order valence-electron chi connectivity index (χ0n) is 21.1. The van der Waals surface area contributed by atoms with Gasteiger partial charge in [0.05, 0.1) is 13.7 Å². The molecule has 0 bridgehead atoms. The quantitative estimate of drug-likeness (QED) is 0.371. The summed E-state index contributed by atoms with van der Waals surface area (Å²) in [6.45, 7) is 21.4. The van der Waals surface area contributed by atoms with Crippen molar-refractivity contribution in [2.75, 3.05) is 20.3 Å². The van der Waals surface area contributed by atoms with Crippen LogP contribution >= 0.6 is 0 Å². The van der Waals surface area contributed by atoms with Crippen molar-refractivity contribution in [3.63, 3.8) is 0 Å². The lowest BCUT2D eigenvalue weighted by atomic mass is 10.2. The lowest BCUT2D eigenvalue weighted by molar-refractivity contribution is -0.140. The molecule has 7 nitrogen and oxygen atoms in total. The highest BCUT2D eigenvalue weighted by atomic mass is 16.5. The van der Waals surface area contributed by atoms with Crippen LogP contribution in [-0.2, 0) is 23.9 Å². The van der Waals surface area contributed by atoms with E-state index >= 15 is 0 Å². The summed E-state index contributed by atoms with van der Waals surface area (Å²) in [6, 6.07) is 10.0. The van der Waals surface area contributed by atoms with Gasteiger partial charge in [-0.15, -0.1) is 0 Å². The number of carboxylic acids is 1. The van der Waals surface area contributed by atoms with Crippen molar-refractivity contribution < 1.29 is 34.1 Å². The molecule has 0 unspecified atom stereocenters. The summed E-state index contributed by atoms with van der Waals surface area (Å²) in [4.78, 5) is 30.9. The summed E-state index contributed by atoms with van der Waals surface area (Å²) < 4.78 is 9.10. The summed E-state index contributed by atoms with van der Waals surface area (Å²) in [5, 5.41) is 16.5. The molecule has 0 saturated heterocycles. The number of aliphatic hydroxyl groups is 1. The van der Waals surface area contributed by atoms with E-state index in [1.54, 1.807) is 13.8 Å². The van der Waals surface area contributed by atoms with Gasteiger partial charge in [0.15, 0.2) is 0 Å². The first-order chi connectivity index (χ1) is 15.8. The van der Waals surface area contributed by atoms with E-state index in [-0.39, 0.29) is 24.1 Å². The van der Waals surface area contributed by atoms with Crippen molar-refractivity contribution in [1.29, 1.82) is 0 Å². The molecule has 0 aliphatic heterocycles. The van der Waals surface area contributed by atoms with Crippen LogP contribution in [0.5, 0.6) is 0 Å². The van der Waals surface area contributed by atoms with Gasteiger partial charge in [-0.25, -0.2) is 14.4 Å². The van der Waals surface area contributed by atoms with Gasteiger partial charge in [0.1, 0.15) is 0 Å². The Morgan fingerprint density at radius 2 is 1.50 bits per heavy atom. The average Bonchev–Trinajstić information content (AvgIpc) is 2.81. The number of methoxy groups -OCH3 is 1. The van der Waals surface area contributed by atoms with Crippen molar-refractivity contribution in [1.82, 2.24) is 0 Å². The standard InChI is InChI=1S/C8H14O2.C8H8.C6H10O3.C5H8O2/c1-6(2)5-10-8(9)7(3)4;1-2-8-6-4-3-5-7-8;1-5(6(8)9)3-2-4-7;1-4(2)5(6)7-3/h6H,3,5H2,1-2,4H3;2-7H,1H2;7H,1-4H2,(H,8,9);1H2,2-3H3. The minimum atomic E-state index is -0.983. The van der Waals surface area contributed by atoms with Crippen LogP contribution in [0.3, 0.4) is 0 Å². The van der Waals surface area contributed by atoms with Crippen LogP contribution in [0.1, 0.15) is 46.1 Å². The fraction of sp³-hybridized carbons (Fsp3) is 0.370. The smallest absolute Gasteiger partial charge is 0.333 e. The van der Waals surface area contributed by atoms with E-state index < -0.39 is 5.97 Å². The molecule has 0 aliphatic carbocycles. The Labute approximate surface area is 204 Å². The van der Waals surface area contributed by atoms with Gasteiger partial charge in [-0.3, -0.25) is 0 Å². The highest BCUT2D eigenvalue weighted by Gasteiger charge is 2.03. The molecule has 0 fully saturated rings. The highest BCUT2D eigenvalue weighted by molar-refractivity contribution is 5.87. The minimum absolute atomic E-state index is 0.0201. The number of ether oxygens (including phenoxy) is 2. The molecule has 0 saturated carbocycles. The molecule has 0 radical (unpaired) electrons. The van der Waals surface area contributed by atoms with Gasteiger partial charge in [0.25, 0.3) is 0 Å². The van der Waals surface area contributed by atoms with E-state index in [2.05, 4.69) is 31.1 Å². The van der Waals surface area contributed by atoms with Gasteiger partial charge < -0.3 is 19.7 Å². The Morgan fingerprint density at radius 1 is 1.00 bits per heavy atom. The van der Waals surface area contributed by atoms with E-state index in [1.165, 1.54) is 12.7 Å². The van der Waals surface area contributed by atoms with Crippen molar-refractivity contribution in [3.8, 4) is 0 Å². The minimum Gasteiger partial charge on any atom is -0.478 e. The summed E-state index contributed by atoms with van der Waals surface area (Å²) in [7, 11) is 1.33. The predicted molar refractivity (Wildman–Crippen MR) is 137 cm³/mol. The Bertz CT molecular complexity index is 777. The summed E-state index contributed by atoms with van der Waals surface area (Å²) in [6.07, 6.45) is 2.68. The molecule has 190 valence electrons. The third kappa shape index (κ3) is 24.8. The molecule has 1 aromatic rings. The lowest BCUT2D eigenvalue weighted by Gasteiger charge is -2.05. The van der Waals surface area contributed by atoms with Crippen LogP contribution in [0.15, 0.2) is 73.4 Å². The number of esters is 2. The van der Waals surface area contributed by atoms with Gasteiger partial charge in [-0.1, -0.05) is 76.6 Å². The second kappa shape index (κ2) is 22.7. The molecular weight excluding hydrogens is 436 g/mol. The van der Waals surface area contributed by atoms with Gasteiger partial charge >= 0.3 is 17.9 Å². The Hall–Kier alpha value is -3.45. The summed E-state index contributed by atoms with van der Waals surface area (Å²) in [5.74, 6) is -1.24. The maximum Gasteiger partial charge on any atom is 0.333 e. The van der Waals surface area contributed by atoms with Crippen LogP contribution in [0.4, 0.5) is 0 Å². The number of aliphatic hydroxyl groups excluding tert-OH is 1. The molecule has 0 aliphatic rings. The highest BCUT2D eigenvalue weighted by Crippen LogP contribution is 2.00. The monoisotopic (exact) mass is 476 g/mol. The van der Waals surface area contributed by atoms with E-state index in [9.17, 15) is 14.4 Å². The number of benzene rings is 1. The van der Waals surface area contributed by atoms with Crippen molar-refractivity contribution in [2.24, 2.45) is 5.92 Å². The molecule has 1 aromatic carbocycles. The molecule has 0 atom stereocenters. The second-order valence-electron chi connectivity index (χ2n) is 7.40. The van der Waals surface area contributed by atoms with E-state index in [0.717, 1.165) is 0 Å². The first-order valence-corrected chi connectivity index (χ1v) is 10.6. The fourth-order valence-corrected chi connectivity index (χ4v) is 1.53. The van der Waals surface area contributed by atoms with Crippen LogP contribution in [0, 0.1) is 5.92 Å². The molecular formula is C27H40O7. The maximum absolute atomic E-state index is 10.7. The fourth-order valence-electron chi connectivity index (χ4n) is 1.53. The SMILES string of the molecule is C=C(C)C(=O)OC.C=C(C)C(=O)OCC(C)C.C=C(CCCO)C(=O)O.C=Cc1ccccc1. The maximum atomic E-state index is 10.7. The number of carbonyl (C=O) groups excluding carboxylic acids is 2. The predicted octanol–water partition coefficient (Wildman–Crippen LogP) is 5.23. The van der Waals surface area contributed by atoms with Crippen molar-refractivity contribution in [2.45, 2.75) is 40.5 Å². The zero-order chi connectivity index (χ0) is 27.1.